The van der Waals surface area contributed by atoms with E-state index in [0.717, 1.165) is 5.54 Å². The van der Waals surface area contributed by atoms with Crippen LogP contribution in [0.3, 0.4) is 0 Å². The molecule has 6 heteroatoms. The number of hydrogen-bond acceptors (Lipinski definition) is 3. The van der Waals surface area contributed by atoms with Gasteiger partial charge in [0, 0.05) is 19.8 Å². The molecule has 0 amide bonds. The van der Waals surface area contributed by atoms with Crippen LogP contribution in [0.4, 0.5) is 0 Å². The highest BCUT2D eigenvalue weighted by Gasteiger charge is 2.25. The summed E-state index contributed by atoms with van der Waals surface area (Å²) < 4.78 is 20.0. The van der Waals surface area contributed by atoms with Crippen molar-refractivity contribution < 1.29 is 13.6 Å². The summed E-state index contributed by atoms with van der Waals surface area (Å²) in [5.41, 5.74) is 0.954. The Hall–Kier alpha value is 0.470. The first-order valence-electron chi connectivity index (χ1n) is 2.28. The lowest BCUT2D eigenvalue weighted by Gasteiger charge is -2.10. The van der Waals surface area contributed by atoms with Gasteiger partial charge in [0.15, 0.2) is 0 Å². The average molecular weight is 205 g/mol. The summed E-state index contributed by atoms with van der Waals surface area (Å²) >= 11 is 10.6. The van der Waals surface area contributed by atoms with Gasteiger partial charge in [-0.05, 0) is 0 Å². The third-order valence-electron chi connectivity index (χ3n) is 0.832. The van der Waals surface area contributed by atoms with Gasteiger partial charge in [-0.1, -0.05) is 23.2 Å². The van der Waals surface area contributed by atoms with Crippen LogP contribution in [0.2, 0.25) is 0 Å². The van der Waals surface area contributed by atoms with Gasteiger partial charge >= 0.3 is 7.60 Å². The van der Waals surface area contributed by atoms with Crippen LogP contribution in [0.25, 0.3) is 0 Å². The monoisotopic (exact) mass is 204 g/mol. The minimum atomic E-state index is -3.28. The van der Waals surface area contributed by atoms with Crippen LogP contribution >= 0.6 is 30.8 Å². The zero-order valence-corrected chi connectivity index (χ0v) is 7.91. The second-order valence-electron chi connectivity index (χ2n) is 1.29. The maximum absolute atomic E-state index is 11.2. The fourth-order valence-corrected chi connectivity index (χ4v) is 1.70. The predicted octanol–water partition coefficient (Wildman–Crippen LogP) is 2.75. The van der Waals surface area contributed by atoms with E-state index in [9.17, 15) is 4.57 Å². The molecule has 0 saturated heterocycles. The minimum absolute atomic E-state index is 0.126. The molecule has 0 aliphatic heterocycles. The van der Waals surface area contributed by atoms with Crippen LogP contribution < -0.4 is 0 Å². The highest BCUT2D eigenvalue weighted by molar-refractivity contribution is 7.61. The fraction of sp³-hybridized carbons (Fsp3) is 0.500. The summed E-state index contributed by atoms with van der Waals surface area (Å²) in [7, 11) is -0.819. The SMILES string of the molecule is COP(=O)(OC)/C(Cl)=C/Cl. The molecule has 0 fully saturated rings. The Balaban J connectivity index is 4.50. The van der Waals surface area contributed by atoms with Crippen LogP contribution in [0.15, 0.2) is 10.3 Å². The van der Waals surface area contributed by atoms with Crippen LogP contribution in [-0.2, 0) is 13.6 Å². The lowest BCUT2D eigenvalue weighted by molar-refractivity contribution is 0.285. The molecule has 0 heterocycles. The van der Waals surface area contributed by atoms with Crippen LogP contribution in [0, 0.1) is 0 Å². The molecule has 0 spiro atoms. The molecular formula is C4H7Cl2O3P. The molecule has 0 N–H and O–H groups in total. The van der Waals surface area contributed by atoms with Crippen molar-refractivity contribution >= 4 is 30.8 Å². The summed E-state index contributed by atoms with van der Waals surface area (Å²) in [4.78, 5) is 0. The zero-order valence-electron chi connectivity index (χ0n) is 5.51. The van der Waals surface area contributed by atoms with Gasteiger partial charge in [0.2, 0.25) is 0 Å². The zero-order chi connectivity index (χ0) is 8.20. The molecule has 0 saturated carbocycles. The molecule has 0 atom stereocenters. The van der Waals surface area contributed by atoms with Crippen molar-refractivity contribution in [3.05, 3.63) is 10.3 Å². The molecule has 60 valence electrons. The first-order chi connectivity index (χ1) is 4.60. The smallest absolute Gasteiger partial charge is 0.308 e. The van der Waals surface area contributed by atoms with E-state index in [2.05, 4.69) is 9.05 Å². The molecule has 0 aromatic heterocycles. The van der Waals surface area contributed by atoms with Crippen molar-refractivity contribution in [3.63, 3.8) is 0 Å². The maximum Gasteiger partial charge on any atom is 0.372 e. The van der Waals surface area contributed by atoms with E-state index in [0.29, 0.717) is 0 Å². The van der Waals surface area contributed by atoms with Gasteiger partial charge < -0.3 is 9.05 Å². The predicted molar refractivity (Wildman–Crippen MR) is 41.4 cm³/mol. The average Bonchev–Trinajstić information content (AvgIpc) is 2.01. The van der Waals surface area contributed by atoms with E-state index in [1.807, 2.05) is 0 Å². The molecule has 0 bridgehead atoms. The first-order valence-corrected chi connectivity index (χ1v) is 4.64. The summed E-state index contributed by atoms with van der Waals surface area (Å²) in [6.07, 6.45) is 0. The topological polar surface area (TPSA) is 35.5 Å². The molecule has 0 unspecified atom stereocenters. The first kappa shape index (κ1) is 10.5. The van der Waals surface area contributed by atoms with E-state index >= 15 is 0 Å². The Bertz CT molecular complexity index is 171. The van der Waals surface area contributed by atoms with E-state index in [1.54, 1.807) is 0 Å². The van der Waals surface area contributed by atoms with Gasteiger partial charge in [0.25, 0.3) is 0 Å². The standard InChI is InChI=1S/C4H7Cl2O3P/c1-8-10(7,9-2)4(6)3-5/h3H,1-2H3/b4-3+. The largest absolute Gasteiger partial charge is 0.372 e. The summed E-state index contributed by atoms with van der Waals surface area (Å²) in [6, 6.07) is 0. The molecule has 0 aliphatic carbocycles. The maximum atomic E-state index is 11.2. The molecule has 10 heavy (non-hydrogen) atoms. The van der Waals surface area contributed by atoms with E-state index < -0.39 is 7.60 Å². The van der Waals surface area contributed by atoms with Crippen molar-refractivity contribution in [1.29, 1.82) is 0 Å². The van der Waals surface area contributed by atoms with Crippen LogP contribution in [0.5, 0.6) is 0 Å². The highest BCUT2D eigenvalue weighted by atomic mass is 35.5. The Kier molecular flexibility index (Phi) is 4.57. The van der Waals surface area contributed by atoms with Crippen LogP contribution in [0.1, 0.15) is 0 Å². The normalized spacial score (nSPS) is 13.8. The Morgan fingerprint density at radius 2 is 1.90 bits per heavy atom. The lowest BCUT2D eigenvalue weighted by Crippen LogP contribution is -1.86. The van der Waals surface area contributed by atoms with Gasteiger partial charge in [-0.15, -0.1) is 0 Å². The van der Waals surface area contributed by atoms with Gasteiger partial charge in [0.05, 0.1) is 0 Å². The molecule has 0 aromatic rings. The number of halogens is 2. The number of rotatable bonds is 3. The lowest BCUT2D eigenvalue weighted by atomic mass is 11.2. The van der Waals surface area contributed by atoms with E-state index in [-0.39, 0.29) is 4.77 Å². The van der Waals surface area contributed by atoms with Crippen molar-refractivity contribution in [2.45, 2.75) is 0 Å². The van der Waals surface area contributed by atoms with Crippen molar-refractivity contribution in [3.8, 4) is 0 Å². The third-order valence-corrected chi connectivity index (χ3v) is 3.66. The van der Waals surface area contributed by atoms with E-state index in [4.69, 9.17) is 23.2 Å². The molecule has 0 aromatic carbocycles. The fourth-order valence-electron chi connectivity index (χ4n) is 0.309. The van der Waals surface area contributed by atoms with Gasteiger partial charge in [0.1, 0.15) is 4.77 Å². The van der Waals surface area contributed by atoms with E-state index in [1.165, 1.54) is 14.2 Å². The molecule has 0 radical (unpaired) electrons. The van der Waals surface area contributed by atoms with Crippen molar-refractivity contribution in [2.24, 2.45) is 0 Å². The van der Waals surface area contributed by atoms with Gasteiger partial charge in [-0.3, -0.25) is 4.57 Å². The summed E-state index contributed by atoms with van der Waals surface area (Å²) in [5.74, 6) is 0. The Morgan fingerprint density at radius 3 is 2.00 bits per heavy atom. The molecule has 0 rings (SSSR count). The van der Waals surface area contributed by atoms with Gasteiger partial charge in [-0.25, -0.2) is 0 Å². The minimum Gasteiger partial charge on any atom is -0.308 e. The molecule has 0 aliphatic rings. The second-order valence-corrected chi connectivity index (χ2v) is 4.39. The summed E-state index contributed by atoms with van der Waals surface area (Å²) in [6.45, 7) is 0. The number of hydrogen-bond donors (Lipinski definition) is 0. The quantitative estimate of drug-likeness (QED) is 0.664. The molecular weight excluding hydrogens is 198 g/mol. The Labute approximate surface area is 69.4 Å². The molecule has 3 nitrogen and oxygen atoms in total. The summed E-state index contributed by atoms with van der Waals surface area (Å²) in [5, 5.41) is 0. The Morgan fingerprint density at radius 1 is 1.50 bits per heavy atom. The third kappa shape index (κ3) is 2.26. The second kappa shape index (κ2) is 4.37. The van der Waals surface area contributed by atoms with Crippen molar-refractivity contribution in [2.75, 3.05) is 14.2 Å². The van der Waals surface area contributed by atoms with Crippen molar-refractivity contribution in [1.82, 2.24) is 0 Å². The van der Waals surface area contributed by atoms with Crippen LogP contribution in [-0.4, -0.2) is 14.2 Å². The highest BCUT2D eigenvalue weighted by Crippen LogP contribution is 2.56. The van der Waals surface area contributed by atoms with Gasteiger partial charge in [-0.2, -0.15) is 0 Å².